The standard InChI is InChI=1S/2FH2N.H2O4S/c2*1-2;1-5(2,3)4/h2*2H2;(H2,1,2,3,4). The summed E-state index contributed by atoms with van der Waals surface area (Å²) in [5.41, 5.74) is 0. The van der Waals surface area contributed by atoms with E-state index in [0.29, 0.717) is 0 Å². The third kappa shape index (κ3) is 1990. The first-order valence-electron chi connectivity index (χ1n) is 1.13. The topological polar surface area (TPSA) is 127 Å². The van der Waals surface area contributed by atoms with Crippen LogP contribution in [0.15, 0.2) is 0 Å². The minimum absolute atomic E-state index is 3.00. The first-order chi connectivity index (χ1) is 4.00. The molecule has 9 heavy (non-hydrogen) atoms. The molecule has 0 saturated heterocycles. The molecule has 0 aliphatic carbocycles. The fourth-order valence-electron chi connectivity index (χ4n) is 0. The van der Waals surface area contributed by atoms with Crippen LogP contribution in [0.1, 0.15) is 0 Å². The lowest BCUT2D eigenvalue weighted by molar-refractivity contribution is 0.381. The van der Waals surface area contributed by atoms with Crippen molar-refractivity contribution >= 4 is 10.4 Å². The van der Waals surface area contributed by atoms with Gasteiger partial charge >= 0.3 is 10.4 Å². The molecule has 6 N–H and O–H groups in total. The molecule has 0 atom stereocenters. The maximum atomic E-state index is 9.00. The van der Waals surface area contributed by atoms with Crippen LogP contribution >= 0.6 is 0 Å². The molecule has 0 saturated carbocycles. The van der Waals surface area contributed by atoms with Gasteiger partial charge in [-0.15, -0.1) is 8.96 Å². The zero-order valence-corrected chi connectivity index (χ0v) is 4.85. The van der Waals surface area contributed by atoms with Crippen molar-refractivity contribution in [1.29, 1.82) is 0 Å². The molecule has 0 radical (unpaired) electrons. The van der Waals surface area contributed by atoms with E-state index in [9.17, 15) is 0 Å². The van der Waals surface area contributed by atoms with Crippen molar-refractivity contribution < 1.29 is 26.5 Å². The molecule has 0 aliphatic rings. The lowest BCUT2D eigenvalue weighted by Gasteiger charge is -1.68. The molecule has 0 heterocycles. The van der Waals surface area contributed by atoms with E-state index in [-0.39, 0.29) is 0 Å². The fraction of sp³-hybridized carbons (Fsp3) is 0. The Morgan fingerprint density at radius 1 is 1.00 bits per heavy atom. The Morgan fingerprint density at radius 3 is 1.00 bits per heavy atom. The van der Waals surface area contributed by atoms with E-state index in [1.165, 1.54) is 0 Å². The van der Waals surface area contributed by atoms with E-state index in [4.69, 9.17) is 26.5 Å². The average Bonchev–Trinajstić information content (AvgIpc) is 1.72. The Hall–Kier alpha value is -0.350. The molecule has 0 unspecified atom stereocenters. The van der Waals surface area contributed by atoms with Crippen LogP contribution in [-0.4, -0.2) is 17.5 Å². The molecule has 0 aromatic carbocycles. The third-order valence-electron chi connectivity index (χ3n) is 0. The van der Waals surface area contributed by atoms with Crippen LogP contribution in [0.2, 0.25) is 0 Å². The SMILES string of the molecule is NF.NF.O=S(=O)(O)O. The second-order valence-electron chi connectivity index (χ2n) is 0.448. The summed E-state index contributed by atoms with van der Waals surface area (Å²) in [5, 5.41) is 0. The summed E-state index contributed by atoms with van der Waals surface area (Å²) in [6.07, 6.45) is 0. The minimum Gasteiger partial charge on any atom is -0.264 e. The van der Waals surface area contributed by atoms with Gasteiger partial charge in [0.25, 0.3) is 0 Å². The molecule has 0 amide bonds. The van der Waals surface area contributed by atoms with Gasteiger partial charge < -0.3 is 0 Å². The smallest absolute Gasteiger partial charge is 0.264 e. The van der Waals surface area contributed by atoms with Crippen LogP contribution in [0, 0.1) is 0 Å². The zero-order chi connectivity index (χ0) is 8.50. The van der Waals surface area contributed by atoms with Gasteiger partial charge in [-0.25, -0.2) is 0 Å². The van der Waals surface area contributed by atoms with E-state index in [1.807, 2.05) is 0 Å². The molecular formula is H6F2N2O4S. The second kappa shape index (κ2) is 10.6. The highest BCUT2D eigenvalue weighted by molar-refractivity contribution is 7.79. The summed E-state index contributed by atoms with van der Waals surface area (Å²) in [6.45, 7) is 0. The van der Waals surface area contributed by atoms with Gasteiger partial charge in [0, 0.05) is 0 Å². The van der Waals surface area contributed by atoms with E-state index < -0.39 is 10.4 Å². The Balaban J connectivity index is -0.0000000771. The molecular weight excluding hydrogens is 162 g/mol. The van der Waals surface area contributed by atoms with E-state index in [1.54, 1.807) is 0 Å². The summed E-state index contributed by atoms with van der Waals surface area (Å²) in [4.78, 5) is 0. The number of hydrogen-bond donors (Lipinski definition) is 4. The summed E-state index contributed by atoms with van der Waals surface area (Å²) in [6, 6.07) is 0. The highest BCUT2D eigenvalue weighted by Crippen LogP contribution is 1.59. The normalized spacial score (nSPS) is 7.78. The van der Waals surface area contributed by atoms with Gasteiger partial charge in [0.15, 0.2) is 0 Å². The first kappa shape index (κ1) is 15.9. The number of rotatable bonds is 0. The second-order valence-corrected chi connectivity index (χ2v) is 1.34. The van der Waals surface area contributed by atoms with Crippen LogP contribution in [0.3, 0.4) is 0 Å². The Morgan fingerprint density at radius 2 is 1.00 bits per heavy atom. The van der Waals surface area contributed by atoms with Gasteiger partial charge in [-0.1, -0.05) is 0 Å². The van der Waals surface area contributed by atoms with E-state index in [2.05, 4.69) is 11.9 Å². The van der Waals surface area contributed by atoms with Crippen LogP contribution in [0.5, 0.6) is 0 Å². The van der Waals surface area contributed by atoms with Crippen molar-refractivity contribution in [3.05, 3.63) is 0 Å². The molecule has 0 aliphatic heterocycles. The van der Waals surface area contributed by atoms with Crippen molar-refractivity contribution in [3.63, 3.8) is 0 Å². The fourth-order valence-corrected chi connectivity index (χ4v) is 0. The molecule has 0 spiro atoms. The van der Waals surface area contributed by atoms with E-state index in [0.717, 1.165) is 0 Å². The van der Waals surface area contributed by atoms with Crippen LogP contribution in [-0.2, 0) is 10.4 Å². The number of halogens is 2. The highest BCUT2D eigenvalue weighted by Gasteiger charge is 1.84. The van der Waals surface area contributed by atoms with Crippen LogP contribution in [0.4, 0.5) is 8.96 Å². The van der Waals surface area contributed by atoms with Crippen LogP contribution < -0.4 is 11.9 Å². The van der Waals surface area contributed by atoms with Gasteiger partial charge in [-0.2, -0.15) is 20.3 Å². The Kier molecular flexibility index (Phi) is 18.7. The zero-order valence-electron chi connectivity index (χ0n) is 4.03. The van der Waals surface area contributed by atoms with Crippen molar-refractivity contribution in [2.45, 2.75) is 0 Å². The molecule has 9 heteroatoms. The van der Waals surface area contributed by atoms with Gasteiger partial charge in [-0.3, -0.25) is 9.11 Å². The monoisotopic (exact) mass is 168 g/mol. The van der Waals surface area contributed by atoms with Crippen LogP contribution in [0.25, 0.3) is 0 Å². The first-order valence-corrected chi connectivity index (χ1v) is 2.53. The Bertz CT molecular complexity index is 99.7. The quantitative estimate of drug-likeness (QED) is 0.271. The third-order valence-corrected chi connectivity index (χ3v) is 0. The van der Waals surface area contributed by atoms with E-state index >= 15 is 0 Å². The van der Waals surface area contributed by atoms with Gasteiger partial charge in [0.2, 0.25) is 0 Å². The molecule has 60 valence electrons. The van der Waals surface area contributed by atoms with Gasteiger partial charge in [0.1, 0.15) is 0 Å². The largest absolute Gasteiger partial charge is 0.394 e. The lowest BCUT2D eigenvalue weighted by Crippen LogP contribution is -1.89. The average molecular weight is 168 g/mol. The molecule has 0 bridgehead atoms. The number of nitrogens with two attached hydrogens (primary N) is 2. The summed E-state index contributed by atoms with van der Waals surface area (Å²) in [7, 11) is -4.67. The van der Waals surface area contributed by atoms with Crippen molar-refractivity contribution in [3.8, 4) is 0 Å². The predicted octanol–water partition coefficient (Wildman–Crippen LogP) is -0.994. The molecule has 6 nitrogen and oxygen atoms in total. The maximum absolute atomic E-state index is 9.00. The molecule has 0 fully saturated rings. The molecule has 0 rings (SSSR count). The number of hydrogen-bond acceptors (Lipinski definition) is 4. The summed E-state index contributed by atoms with van der Waals surface area (Å²) < 4.78 is 49.6. The summed E-state index contributed by atoms with van der Waals surface area (Å²) >= 11 is 0. The minimum atomic E-state index is -4.67. The lowest BCUT2D eigenvalue weighted by atomic mass is 13.8. The molecule has 0 aromatic rings. The van der Waals surface area contributed by atoms with Crippen molar-refractivity contribution in [2.75, 3.05) is 0 Å². The van der Waals surface area contributed by atoms with Gasteiger partial charge in [-0.05, 0) is 0 Å². The van der Waals surface area contributed by atoms with Crippen molar-refractivity contribution in [1.82, 2.24) is 0 Å². The molecule has 0 aromatic heterocycles. The maximum Gasteiger partial charge on any atom is 0.394 e. The van der Waals surface area contributed by atoms with Gasteiger partial charge in [0.05, 0.1) is 0 Å². The van der Waals surface area contributed by atoms with Crippen molar-refractivity contribution in [2.24, 2.45) is 11.9 Å². The highest BCUT2D eigenvalue weighted by atomic mass is 32.3. The Labute approximate surface area is 49.9 Å². The predicted molar refractivity (Wildman–Crippen MR) is 24.8 cm³/mol. The summed E-state index contributed by atoms with van der Waals surface area (Å²) in [5.74, 6) is 6.00.